The van der Waals surface area contributed by atoms with Gasteiger partial charge in [-0.25, -0.2) is 4.98 Å². The maximum absolute atomic E-state index is 6.39. The van der Waals surface area contributed by atoms with Crippen molar-refractivity contribution in [1.29, 1.82) is 0 Å². The van der Waals surface area contributed by atoms with Gasteiger partial charge in [0.1, 0.15) is 0 Å². The van der Waals surface area contributed by atoms with Gasteiger partial charge in [0.05, 0.1) is 51.6 Å². The number of benzene rings is 2. The summed E-state index contributed by atoms with van der Waals surface area (Å²) in [4.78, 5) is 14.1. The fourth-order valence-electron chi connectivity index (χ4n) is 6.01. The van der Waals surface area contributed by atoms with Gasteiger partial charge < -0.3 is 16.8 Å². The summed E-state index contributed by atoms with van der Waals surface area (Å²) in [7, 11) is 0. The highest BCUT2D eigenvalue weighted by Crippen LogP contribution is 2.53. The molecule has 2 saturated heterocycles. The summed E-state index contributed by atoms with van der Waals surface area (Å²) in [6.45, 7) is 2.15. The quantitative estimate of drug-likeness (QED) is 0.193. The molecule has 3 heterocycles. The van der Waals surface area contributed by atoms with Gasteiger partial charge in [-0.3, -0.25) is 20.6 Å². The molecule has 3 fully saturated rings. The van der Waals surface area contributed by atoms with E-state index < -0.39 is 0 Å². The maximum atomic E-state index is 6.39. The molecule has 196 valence electrons. The van der Waals surface area contributed by atoms with Crippen molar-refractivity contribution in [2.24, 2.45) is 22.6 Å². The molecule has 7 rings (SSSR count). The topological polar surface area (TPSA) is 126 Å². The number of hydrogen-bond donors (Lipinski definition) is 5. The Morgan fingerprint density at radius 3 is 2.90 bits per heavy atom. The number of piperidine rings is 1. The zero-order chi connectivity index (χ0) is 26.7. The first kappa shape index (κ1) is 23.9. The third-order valence-electron chi connectivity index (χ3n) is 8.48. The molecule has 6 atom stereocenters. The molecule has 0 bridgehead atoms. The number of nitrogen functional groups attached to an aromatic ring is 1. The largest absolute Gasteiger partial charge is 0.397 e. The van der Waals surface area contributed by atoms with E-state index in [2.05, 4.69) is 44.8 Å². The van der Waals surface area contributed by atoms with Crippen molar-refractivity contribution in [2.75, 3.05) is 5.73 Å². The molecule has 7 N–H and O–H groups in total. The third kappa shape index (κ3) is 4.44. The number of nitrogens with two attached hydrogens (primary N) is 2. The Labute approximate surface area is 228 Å². The first-order valence-corrected chi connectivity index (χ1v) is 13.6. The molecular weight excluding hydrogens is 484 g/mol. The Morgan fingerprint density at radius 2 is 2.13 bits per heavy atom. The molecule has 1 saturated carbocycles. The molecule has 1 unspecified atom stereocenters. The van der Waals surface area contributed by atoms with Crippen molar-refractivity contribution >= 4 is 34.3 Å². The first-order chi connectivity index (χ1) is 18.9. The number of fused-ring (bicyclic) bond motifs is 2. The molecule has 8 nitrogen and oxygen atoms in total. The predicted octanol–water partition coefficient (Wildman–Crippen LogP) is 3.45. The van der Waals surface area contributed by atoms with Crippen LogP contribution in [-0.2, 0) is 0 Å². The highest BCUT2D eigenvalue weighted by Gasteiger charge is 2.59. The van der Waals surface area contributed by atoms with Gasteiger partial charge in [-0.05, 0) is 61.4 Å². The lowest BCUT2D eigenvalue weighted by Crippen LogP contribution is -2.33. The van der Waals surface area contributed by atoms with Gasteiger partial charge in [-0.2, -0.15) is 0 Å². The molecule has 1 spiro atoms. The van der Waals surface area contributed by atoms with Crippen LogP contribution in [-0.4, -0.2) is 39.8 Å². The van der Waals surface area contributed by atoms with Gasteiger partial charge in [0.15, 0.2) is 0 Å². The maximum Gasteiger partial charge on any atom is 0.0894 e. The number of rotatable bonds is 6. The second-order valence-corrected chi connectivity index (χ2v) is 11.4. The Hall–Kier alpha value is -4.19. The molecule has 8 heteroatoms. The average Bonchev–Trinajstić information content (AvgIpc) is 3.74. The number of hydrogen-bond acceptors (Lipinski definition) is 8. The van der Waals surface area contributed by atoms with Crippen molar-refractivity contribution in [3.63, 3.8) is 0 Å². The third-order valence-corrected chi connectivity index (χ3v) is 8.48. The number of nitrogens with zero attached hydrogens (tertiary/aromatic N) is 3. The molecular formula is C31H32N8. The minimum atomic E-state index is 0.0836. The summed E-state index contributed by atoms with van der Waals surface area (Å²) in [5.41, 5.74) is 20.1. The normalized spacial score (nSPS) is 30.9. The summed E-state index contributed by atoms with van der Waals surface area (Å²) in [6.07, 6.45) is 16.9. The molecule has 2 aliphatic heterocycles. The molecule has 1 aromatic heterocycles. The van der Waals surface area contributed by atoms with Gasteiger partial charge >= 0.3 is 0 Å². The second-order valence-electron chi connectivity index (χ2n) is 11.4. The lowest BCUT2D eigenvalue weighted by atomic mass is 10.0. The molecule has 0 radical (unpaired) electrons. The highest BCUT2D eigenvalue weighted by atomic mass is 15.2. The molecule has 39 heavy (non-hydrogen) atoms. The smallest absolute Gasteiger partial charge is 0.0894 e. The van der Waals surface area contributed by atoms with Crippen LogP contribution in [0.4, 0.5) is 11.4 Å². The fourth-order valence-corrected chi connectivity index (χ4v) is 6.01. The Balaban J connectivity index is 1.03. The van der Waals surface area contributed by atoms with E-state index >= 15 is 0 Å². The Kier molecular flexibility index (Phi) is 5.48. The standard InChI is InChI=1S/C31H32N8/c1-3-24-17(2)8-21(37-24)14-34-25-6-5-19(9-22(25)32)29-16-35-28-10-18(4-7-26(28)38-29)23(33)15-36-30-13-31(30)12-20-11-27(20)39-31/h1,4-7,9-10,13-17,20-21,24,27,36-37,39H,8,11-12,32-33H2,2H3/b23-15-,34-14?/t17-,20-,21+,24-,27-,31?/m1/s1. The average molecular weight is 517 g/mol. The van der Waals surface area contributed by atoms with Crippen molar-refractivity contribution < 1.29 is 0 Å². The highest BCUT2D eigenvalue weighted by molar-refractivity contribution is 5.83. The van der Waals surface area contributed by atoms with Crippen LogP contribution in [0, 0.1) is 24.2 Å². The molecule has 2 aliphatic carbocycles. The molecule has 4 aliphatic rings. The van der Waals surface area contributed by atoms with Gasteiger partial charge in [0.2, 0.25) is 0 Å². The molecule has 0 amide bonds. The van der Waals surface area contributed by atoms with Crippen molar-refractivity contribution in [3.05, 3.63) is 66.1 Å². The number of nitrogens with one attached hydrogen (secondary N) is 3. The number of anilines is 1. The first-order valence-electron chi connectivity index (χ1n) is 13.6. The van der Waals surface area contributed by atoms with Crippen LogP contribution < -0.4 is 27.4 Å². The fraction of sp³-hybridized carbons (Fsp3) is 0.323. The van der Waals surface area contributed by atoms with E-state index in [9.17, 15) is 0 Å². The minimum Gasteiger partial charge on any atom is -0.397 e. The van der Waals surface area contributed by atoms with E-state index in [0.29, 0.717) is 23.3 Å². The van der Waals surface area contributed by atoms with E-state index in [4.69, 9.17) is 22.9 Å². The summed E-state index contributed by atoms with van der Waals surface area (Å²) < 4.78 is 0. The monoisotopic (exact) mass is 516 g/mol. The van der Waals surface area contributed by atoms with Crippen LogP contribution in [0.3, 0.4) is 0 Å². The van der Waals surface area contributed by atoms with Crippen LogP contribution in [0.15, 0.2) is 65.6 Å². The number of aliphatic imine (C=N–C) groups is 1. The summed E-state index contributed by atoms with van der Waals surface area (Å²) in [5.74, 6) is 4.07. The lowest BCUT2D eigenvalue weighted by Gasteiger charge is -2.14. The Morgan fingerprint density at radius 1 is 1.23 bits per heavy atom. The van der Waals surface area contributed by atoms with Gasteiger partial charge in [0.25, 0.3) is 0 Å². The van der Waals surface area contributed by atoms with Crippen LogP contribution in [0.2, 0.25) is 0 Å². The lowest BCUT2D eigenvalue weighted by molar-refractivity contribution is 0.546. The van der Waals surface area contributed by atoms with E-state index in [0.717, 1.165) is 45.9 Å². The van der Waals surface area contributed by atoms with E-state index in [1.165, 1.54) is 18.5 Å². The van der Waals surface area contributed by atoms with Gasteiger partial charge in [-0.1, -0.05) is 25.0 Å². The van der Waals surface area contributed by atoms with Crippen LogP contribution >= 0.6 is 0 Å². The van der Waals surface area contributed by atoms with E-state index in [1.54, 1.807) is 6.20 Å². The van der Waals surface area contributed by atoms with Crippen LogP contribution in [0.5, 0.6) is 0 Å². The second kappa shape index (κ2) is 8.94. The zero-order valence-corrected chi connectivity index (χ0v) is 21.9. The number of aromatic nitrogens is 2. The zero-order valence-electron chi connectivity index (χ0n) is 21.9. The van der Waals surface area contributed by atoms with Crippen LogP contribution in [0.1, 0.15) is 31.7 Å². The molecule has 2 aromatic carbocycles. The Bertz CT molecular complexity index is 1600. The van der Waals surface area contributed by atoms with Crippen molar-refractivity contribution in [1.82, 2.24) is 25.9 Å². The summed E-state index contributed by atoms with van der Waals surface area (Å²) in [5, 5.41) is 10.5. The van der Waals surface area contributed by atoms with E-state index in [1.807, 2.05) is 48.8 Å². The predicted molar refractivity (Wildman–Crippen MR) is 157 cm³/mol. The SMILES string of the molecule is C#C[C@H]1N[C@H](C=Nc2ccc(-c3cnc4cc(/C(N)=C/NC5=CC56C[C@H]5C[C@H]5N6)ccc4n3)cc2N)C[C@H]1C. The number of terminal acetylenes is 1. The van der Waals surface area contributed by atoms with Gasteiger partial charge in [0, 0.05) is 41.3 Å². The minimum absolute atomic E-state index is 0.0836. The van der Waals surface area contributed by atoms with E-state index in [-0.39, 0.29) is 17.6 Å². The summed E-state index contributed by atoms with van der Waals surface area (Å²) in [6, 6.07) is 12.6. The van der Waals surface area contributed by atoms with Crippen molar-refractivity contribution in [3.8, 4) is 23.6 Å². The van der Waals surface area contributed by atoms with Crippen molar-refractivity contribution in [2.45, 2.75) is 49.9 Å². The van der Waals surface area contributed by atoms with Crippen LogP contribution in [0.25, 0.3) is 28.0 Å². The molecule has 3 aromatic rings. The van der Waals surface area contributed by atoms with Gasteiger partial charge in [-0.15, -0.1) is 6.42 Å². The summed E-state index contributed by atoms with van der Waals surface area (Å²) >= 11 is 0.